The normalized spacial score (nSPS) is 17.9. The first-order valence-electron chi connectivity index (χ1n) is 3.21. The van der Waals surface area contributed by atoms with Crippen molar-refractivity contribution in [2.45, 2.75) is 24.7 Å². The molecule has 0 aliphatic carbocycles. The molecule has 70 valence electrons. The van der Waals surface area contributed by atoms with Crippen LogP contribution in [0.3, 0.4) is 0 Å². The highest BCUT2D eigenvalue weighted by molar-refractivity contribution is 5.72. The molecule has 3 unspecified atom stereocenters. The van der Waals surface area contributed by atoms with E-state index < -0.39 is 30.7 Å². The van der Waals surface area contributed by atoms with Crippen LogP contribution in [0.1, 0.15) is 6.42 Å². The third kappa shape index (κ3) is 2.95. The van der Waals surface area contributed by atoms with Gasteiger partial charge in [0.15, 0.2) is 6.10 Å². The fourth-order valence-corrected chi connectivity index (χ4v) is 0.595. The minimum atomic E-state index is -2.07. The number of aliphatic hydroxyl groups is 3. The maximum atomic E-state index is 10.0. The Kier molecular flexibility index (Phi) is 4.42. The minimum absolute atomic E-state index is 0.322. The van der Waals surface area contributed by atoms with E-state index in [-0.39, 0.29) is 0 Å². The predicted octanol–water partition coefficient (Wildman–Crippen LogP) is -2.26. The van der Waals surface area contributed by atoms with Crippen LogP contribution in [-0.2, 0) is 9.59 Å². The van der Waals surface area contributed by atoms with Crippen molar-refractivity contribution in [3.05, 3.63) is 0 Å². The molecule has 0 radical (unpaired) electrons. The number of hydrogen-bond donors (Lipinski definition) is 4. The summed E-state index contributed by atoms with van der Waals surface area (Å²) in [5.41, 5.74) is 0. The maximum absolute atomic E-state index is 10.0. The Morgan fingerprint density at radius 3 is 2.17 bits per heavy atom. The van der Waals surface area contributed by atoms with E-state index in [1.165, 1.54) is 0 Å². The first-order chi connectivity index (χ1) is 5.50. The topological polar surface area (TPSA) is 115 Å². The largest absolute Gasteiger partial charge is 0.479 e. The monoisotopic (exact) mass is 178 g/mol. The van der Waals surface area contributed by atoms with Crippen LogP contribution in [0.2, 0.25) is 0 Å². The van der Waals surface area contributed by atoms with Crippen molar-refractivity contribution in [1.82, 2.24) is 0 Å². The van der Waals surface area contributed by atoms with Gasteiger partial charge in [-0.25, -0.2) is 4.79 Å². The Morgan fingerprint density at radius 1 is 1.33 bits per heavy atom. The SMILES string of the molecule is O=CCC(O)C(O)C(O)C(=O)O. The van der Waals surface area contributed by atoms with E-state index in [1.54, 1.807) is 0 Å². The van der Waals surface area contributed by atoms with Gasteiger partial charge in [-0.15, -0.1) is 0 Å². The summed E-state index contributed by atoms with van der Waals surface area (Å²) in [7, 11) is 0. The number of aliphatic carboxylic acids is 1. The number of aliphatic hydroxyl groups excluding tert-OH is 3. The number of carbonyl (C=O) groups is 2. The van der Waals surface area contributed by atoms with Gasteiger partial charge in [0.25, 0.3) is 0 Å². The number of hydrogen-bond acceptors (Lipinski definition) is 5. The van der Waals surface area contributed by atoms with Gasteiger partial charge in [-0.3, -0.25) is 0 Å². The van der Waals surface area contributed by atoms with E-state index in [0.717, 1.165) is 0 Å². The van der Waals surface area contributed by atoms with Crippen LogP contribution in [0.5, 0.6) is 0 Å². The van der Waals surface area contributed by atoms with Crippen LogP contribution >= 0.6 is 0 Å². The van der Waals surface area contributed by atoms with E-state index in [4.69, 9.17) is 20.4 Å². The Balaban J connectivity index is 4.07. The Bertz CT molecular complexity index is 167. The first-order valence-corrected chi connectivity index (χ1v) is 3.21. The van der Waals surface area contributed by atoms with Gasteiger partial charge in [-0.05, 0) is 0 Å². The first kappa shape index (κ1) is 11.0. The highest BCUT2D eigenvalue weighted by atomic mass is 16.4. The number of rotatable bonds is 5. The van der Waals surface area contributed by atoms with Gasteiger partial charge < -0.3 is 25.2 Å². The molecule has 6 heteroatoms. The standard InChI is InChI=1S/C6H10O6/c7-2-1-3(8)4(9)5(10)6(11)12/h2-5,8-10H,1H2,(H,11,12). The molecule has 0 bridgehead atoms. The average molecular weight is 178 g/mol. The van der Waals surface area contributed by atoms with Gasteiger partial charge in [-0.1, -0.05) is 0 Å². The van der Waals surface area contributed by atoms with Crippen molar-refractivity contribution in [2.24, 2.45) is 0 Å². The van der Waals surface area contributed by atoms with E-state index in [9.17, 15) is 9.59 Å². The van der Waals surface area contributed by atoms with E-state index >= 15 is 0 Å². The molecule has 0 saturated heterocycles. The predicted molar refractivity (Wildman–Crippen MR) is 36.3 cm³/mol. The molecular weight excluding hydrogens is 168 g/mol. The number of aldehydes is 1. The molecular formula is C6H10O6. The van der Waals surface area contributed by atoms with Gasteiger partial charge in [0.1, 0.15) is 12.4 Å². The third-order valence-corrected chi connectivity index (χ3v) is 1.31. The van der Waals surface area contributed by atoms with Gasteiger partial charge in [0.05, 0.1) is 6.10 Å². The lowest BCUT2D eigenvalue weighted by Crippen LogP contribution is -2.42. The molecule has 0 saturated carbocycles. The third-order valence-electron chi connectivity index (χ3n) is 1.31. The summed E-state index contributed by atoms with van der Waals surface area (Å²) in [6.45, 7) is 0. The van der Waals surface area contributed by atoms with E-state index in [2.05, 4.69) is 0 Å². The summed E-state index contributed by atoms with van der Waals surface area (Å²) >= 11 is 0. The van der Waals surface area contributed by atoms with Crippen LogP contribution in [0.15, 0.2) is 0 Å². The lowest BCUT2D eigenvalue weighted by atomic mass is 10.1. The van der Waals surface area contributed by atoms with E-state index in [1.807, 2.05) is 0 Å². The lowest BCUT2D eigenvalue weighted by Gasteiger charge is -2.17. The average Bonchev–Trinajstić information content (AvgIpc) is 2.02. The van der Waals surface area contributed by atoms with Crippen molar-refractivity contribution in [1.29, 1.82) is 0 Å². The van der Waals surface area contributed by atoms with Crippen molar-refractivity contribution >= 4 is 12.3 Å². The molecule has 0 heterocycles. The maximum Gasteiger partial charge on any atom is 0.335 e. The molecule has 0 aliphatic rings. The highest BCUT2D eigenvalue weighted by Crippen LogP contribution is 2.02. The molecule has 0 fully saturated rings. The summed E-state index contributed by atoms with van der Waals surface area (Å²) < 4.78 is 0. The summed E-state index contributed by atoms with van der Waals surface area (Å²) in [5.74, 6) is -1.65. The zero-order valence-corrected chi connectivity index (χ0v) is 6.12. The van der Waals surface area contributed by atoms with Crippen LogP contribution < -0.4 is 0 Å². The Hall–Kier alpha value is -0.980. The molecule has 0 aromatic carbocycles. The molecule has 4 N–H and O–H groups in total. The van der Waals surface area contributed by atoms with E-state index in [0.29, 0.717) is 6.29 Å². The fraction of sp³-hybridized carbons (Fsp3) is 0.667. The molecule has 3 atom stereocenters. The van der Waals surface area contributed by atoms with Crippen molar-refractivity contribution < 1.29 is 30.0 Å². The zero-order chi connectivity index (χ0) is 9.72. The highest BCUT2D eigenvalue weighted by Gasteiger charge is 2.29. The molecule has 0 rings (SSSR count). The second-order valence-electron chi connectivity index (χ2n) is 2.24. The summed E-state index contributed by atoms with van der Waals surface area (Å²) in [5, 5.41) is 34.5. The van der Waals surface area contributed by atoms with Crippen LogP contribution in [0.4, 0.5) is 0 Å². The number of carboxylic acids is 1. The Morgan fingerprint density at radius 2 is 1.83 bits per heavy atom. The van der Waals surface area contributed by atoms with Crippen LogP contribution in [0.25, 0.3) is 0 Å². The molecule has 0 aromatic rings. The van der Waals surface area contributed by atoms with Crippen molar-refractivity contribution in [2.75, 3.05) is 0 Å². The van der Waals surface area contributed by atoms with Gasteiger partial charge >= 0.3 is 5.97 Å². The van der Waals surface area contributed by atoms with Crippen molar-refractivity contribution in [3.8, 4) is 0 Å². The minimum Gasteiger partial charge on any atom is -0.479 e. The van der Waals surface area contributed by atoms with Crippen LogP contribution in [-0.4, -0.2) is 51.0 Å². The Labute approximate surface area is 68.1 Å². The van der Waals surface area contributed by atoms with Gasteiger partial charge in [0.2, 0.25) is 0 Å². The molecule has 6 nitrogen and oxygen atoms in total. The summed E-state index contributed by atoms with van der Waals surface area (Å²) in [4.78, 5) is 19.9. The fourth-order valence-electron chi connectivity index (χ4n) is 0.595. The van der Waals surface area contributed by atoms with Gasteiger partial charge in [0, 0.05) is 6.42 Å². The second-order valence-corrected chi connectivity index (χ2v) is 2.24. The smallest absolute Gasteiger partial charge is 0.335 e. The lowest BCUT2D eigenvalue weighted by molar-refractivity contribution is -0.158. The molecule has 0 aromatic heterocycles. The molecule has 0 amide bonds. The summed E-state index contributed by atoms with van der Waals surface area (Å²) in [6, 6.07) is 0. The quantitative estimate of drug-likeness (QED) is 0.353. The zero-order valence-electron chi connectivity index (χ0n) is 6.12. The second kappa shape index (κ2) is 4.81. The van der Waals surface area contributed by atoms with Crippen molar-refractivity contribution in [3.63, 3.8) is 0 Å². The van der Waals surface area contributed by atoms with Gasteiger partial charge in [-0.2, -0.15) is 0 Å². The summed E-state index contributed by atoms with van der Waals surface area (Å²) in [6.07, 6.45) is -5.55. The molecule has 0 spiro atoms. The number of carboxylic acid groups (broad SMARTS) is 1. The van der Waals surface area contributed by atoms with Crippen LogP contribution in [0, 0.1) is 0 Å². The molecule has 12 heavy (non-hydrogen) atoms. The molecule has 0 aliphatic heterocycles. The number of carbonyl (C=O) groups excluding carboxylic acids is 1.